The number of carbonyl (C=O) groups is 1. The van der Waals surface area contributed by atoms with Gasteiger partial charge in [-0.05, 0) is 30.7 Å². The number of carbonyl (C=O) groups excluding carboxylic acids is 1. The molecule has 1 aromatic heterocycles. The molecule has 0 fully saturated rings. The molecule has 6 heteroatoms. The van der Waals surface area contributed by atoms with Gasteiger partial charge >= 0.3 is 0 Å². The van der Waals surface area contributed by atoms with Crippen molar-refractivity contribution in [3.8, 4) is 11.5 Å². The molecule has 1 amide bonds. The second-order valence-corrected chi connectivity index (χ2v) is 5.23. The van der Waals surface area contributed by atoms with Gasteiger partial charge in [0.05, 0.1) is 14.2 Å². The summed E-state index contributed by atoms with van der Waals surface area (Å²) in [6.07, 6.45) is 3.82. The SMILES string of the molecule is CCCCNc1ccnc(C(=O)Nc2ccc(OC)c(OC)c2)c1. The second kappa shape index (κ2) is 8.76. The molecule has 0 aliphatic rings. The summed E-state index contributed by atoms with van der Waals surface area (Å²) in [5, 5.41) is 6.10. The zero-order valence-corrected chi connectivity index (χ0v) is 14.3. The highest BCUT2D eigenvalue weighted by molar-refractivity contribution is 6.03. The molecule has 24 heavy (non-hydrogen) atoms. The highest BCUT2D eigenvalue weighted by Gasteiger charge is 2.11. The molecule has 0 saturated carbocycles. The second-order valence-electron chi connectivity index (χ2n) is 5.23. The normalized spacial score (nSPS) is 10.1. The number of amides is 1. The van der Waals surface area contributed by atoms with Gasteiger partial charge in [0.25, 0.3) is 5.91 Å². The van der Waals surface area contributed by atoms with Crippen molar-refractivity contribution in [2.24, 2.45) is 0 Å². The lowest BCUT2D eigenvalue weighted by Crippen LogP contribution is -2.14. The fourth-order valence-electron chi connectivity index (χ4n) is 2.18. The monoisotopic (exact) mass is 329 g/mol. The van der Waals surface area contributed by atoms with Gasteiger partial charge < -0.3 is 20.1 Å². The maximum Gasteiger partial charge on any atom is 0.274 e. The zero-order chi connectivity index (χ0) is 17.4. The molecule has 128 valence electrons. The maximum atomic E-state index is 12.4. The molecule has 0 unspecified atom stereocenters. The first-order valence-corrected chi connectivity index (χ1v) is 7.91. The van der Waals surface area contributed by atoms with E-state index in [-0.39, 0.29) is 5.91 Å². The average Bonchev–Trinajstić information content (AvgIpc) is 2.62. The first kappa shape index (κ1) is 17.6. The Balaban J connectivity index is 2.08. The van der Waals surface area contributed by atoms with Crippen LogP contribution in [-0.2, 0) is 0 Å². The van der Waals surface area contributed by atoms with Crippen LogP contribution in [0, 0.1) is 0 Å². The van der Waals surface area contributed by atoms with Crippen molar-refractivity contribution >= 4 is 17.3 Å². The Bertz CT molecular complexity index is 689. The van der Waals surface area contributed by atoms with Crippen LogP contribution in [0.25, 0.3) is 0 Å². The van der Waals surface area contributed by atoms with E-state index in [4.69, 9.17) is 9.47 Å². The fourth-order valence-corrected chi connectivity index (χ4v) is 2.18. The Kier molecular flexibility index (Phi) is 6.42. The molecule has 2 rings (SSSR count). The fraction of sp³-hybridized carbons (Fsp3) is 0.333. The highest BCUT2D eigenvalue weighted by Crippen LogP contribution is 2.29. The third-order valence-corrected chi connectivity index (χ3v) is 3.49. The van der Waals surface area contributed by atoms with Gasteiger partial charge in [-0.25, -0.2) is 0 Å². The summed E-state index contributed by atoms with van der Waals surface area (Å²) < 4.78 is 10.4. The Labute approximate surface area is 142 Å². The number of hydrogen-bond donors (Lipinski definition) is 2. The van der Waals surface area contributed by atoms with Crippen LogP contribution in [0.15, 0.2) is 36.5 Å². The molecule has 2 aromatic rings. The van der Waals surface area contributed by atoms with Gasteiger partial charge in [-0.2, -0.15) is 0 Å². The van der Waals surface area contributed by atoms with Crippen LogP contribution >= 0.6 is 0 Å². The maximum absolute atomic E-state index is 12.4. The highest BCUT2D eigenvalue weighted by atomic mass is 16.5. The summed E-state index contributed by atoms with van der Waals surface area (Å²) in [6, 6.07) is 8.79. The van der Waals surface area contributed by atoms with Crippen LogP contribution in [-0.4, -0.2) is 31.7 Å². The van der Waals surface area contributed by atoms with Crippen molar-refractivity contribution < 1.29 is 14.3 Å². The number of unbranched alkanes of at least 4 members (excludes halogenated alkanes) is 1. The molecule has 1 aromatic carbocycles. The summed E-state index contributed by atoms with van der Waals surface area (Å²) >= 11 is 0. The summed E-state index contributed by atoms with van der Waals surface area (Å²) in [4.78, 5) is 16.5. The van der Waals surface area contributed by atoms with E-state index in [9.17, 15) is 4.79 Å². The van der Waals surface area contributed by atoms with Gasteiger partial charge in [0.15, 0.2) is 11.5 Å². The lowest BCUT2D eigenvalue weighted by atomic mass is 10.2. The number of nitrogens with zero attached hydrogens (tertiary/aromatic N) is 1. The summed E-state index contributed by atoms with van der Waals surface area (Å²) in [6.45, 7) is 3.01. The van der Waals surface area contributed by atoms with Gasteiger partial charge in [0.1, 0.15) is 5.69 Å². The number of hydrogen-bond acceptors (Lipinski definition) is 5. The lowest BCUT2D eigenvalue weighted by Gasteiger charge is -2.11. The van der Waals surface area contributed by atoms with Gasteiger partial charge in [-0.1, -0.05) is 13.3 Å². The molecule has 0 saturated heterocycles. The Morgan fingerprint density at radius 2 is 1.88 bits per heavy atom. The van der Waals surface area contributed by atoms with E-state index < -0.39 is 0 Å². The number of pyridine rings is 1. The third kappa shape index (κ3) is 4.62. The van der Waals surface area contributed by atoms with Crippen molar-refractivity contribution in [2.45, 2.75) is 19.8 Å². The molecule has 0 bridgehead atoms. The Hall–Kier alpha value is -2.76. The van der Waals surface area contributed by atoms with E-state index in [0.717, 1.165) is 25.1 Å². The lowest BCUT2D eigenvalue weighted by molar-refractivity contribution is 0.102. The predicted octanol–water partition coefficient (Wildman–Crippen LogP) is 3.56. The van der Waals surface area contributed by atoms with Crippen molar-refractivity contribution in [3.05, 3.63) is 42.2 Å². The zero-order valence-electron chi connectivity index (χ0n) is 14.3. The van der Waals surface area contributed by atoms with Crippen LogP contribution in [0.2, 0.25) is 0 Å². The number of aromatic nitrogens is 1. The van der Waals surface area contributed by atoms with Crippen LogP contribution in [0.1, 0.15) is 30.3 Å². The van der Waals surface area contributed by atoms with Crippen LogP contribution < -0.4 is 20.1 Å². The molecular weight excluding hydrogens is 306 g/mol. The topological polar surface area (TPSA) is 72.5 Å². The molecule has 0 atom stereocenters. The van der Waals surface area contributed by atoms with Crippen molar-refractivity contribution in [1.29, 1.82) is 0 Å². The number of rotatable bonds is 8. The Morgan fingerprint density at radius 3 is 2.58 bits per heavy atom. The number of methoxy groups -OCH3 is 2. The molecule has 0 spiro atoms. The molecule has 6 nitrogen and oxygen atoms in total. The van der Waals surface area contributed by atoms with E-state index in [0.29, 0.717) is 22.9 Å². The third-order valence-electron chi connectivity index (χ3n) is 3.49. The smallest absolute Gasteiger partial charge is 0.274 e. The number of ether oxygens (including phenoxy) is 2. The minimum atomic E-state index is -0.277. The van der Waals surface area contributed by atoms with E-state index in [2.05, 4.69) is 22.5 Å². The quantitative estimate of drug-likeness (QED) is 0.725. The minimum Gasteiger partial charge on any atom is -0.493 e. The standard InChI is InChI=1S/C18H23N3O3/c1-4-5-9-19-13-8-10-20-15(11-13)18(22)21-14-6-7-16(23-2)17(12-14)24-3/h6-8,10-12H,4-5,9H2,1-3H3,(H,19,20)(H,21,22). The number of benzene rings is 1. The van der Waals surface area contributed by atoms with Gasteiger partial charge in [-0.3, -0.25) is 9.78 Å². The minimum absolute atomic E-state index is 0.277. The van der Waals surface area contributed by atoms with Crippen LogP contribution in [0.3, 0.4) is 0 Å². The summed E-state index contributed by atoms with van der Waals surface area (Å²) in [5.74, 6) is 0.885. The first-order valence-electron chi connectivity index (χ1n) is 7.91. The van der Waals surface area contributed by atoms with Gasteiger partial charge in [0, 0.05) is 30.2 Å². The van der Waals surface area contributed by atoms with Crippen LogP contribution in [0.4, 0.5) is 11.4 Å². The van der Waals surface area contributed by atoms with E-state index in [1.807, 2.05) is 6.07 Å². The molecule has 0 radical (unpaired) electrons. The average molecular weight is 329 g/mol. The van der Waals surface area contributed by atoms with E-state index in [1.165, 1.54) is 0 Å². The van der Waals surface area contributed by atoms with E-state index in [1.54, 1.807) is 44.7 Å². The van der Waals surface area contributed by atoms with Crippen molar-refractivity contribution in [3.63, 3.8) is 0 Å². The van der Waals surface area contributed by atoms with Crippen molar-refractivity contribution in [1.82, 2.24) is 4.98 Å². The number of nitrogens with one attached hydrogen (secondary N) is 2. The molecule has 1 heterocycles. The molecule has 0 aliphatic heterocycles. The molecular formula is C18H23N3O3. The largest absolute Gasteiger partial charge is 0.493 e. The Morgan fingerprint density at radius 1 is 1.08 bits per heavy atom. The van der Waals surface area contributed by atoms with Crippen molar-refractivity contribution in [2.75, 3.05) is 31.4 Å². The molecule has 0 aliphatic carbocycles. The van der Waals surface area contributed by atoms with Gasteiger partial charge in [0.2, 0.25) is 0 Å². The number of anilines is 2. The van der Waals surface area contributed by atoms with Gasteiger partial charge in [-0.15, -0.1) is 0 Å². The summed E-state index contributed by atoms with van der Waals surface area (Å²) in [5.41, 5.74) is 1.85. The predicted molar refractivity (Wildman–Crippen MR) is 95.1 cm³/mol. The van der Waals surface area contributed by atoms with E-state index >= 15 is 0 Å². The first-order chi connectivity index (χ1) is 11.7. The van der Waals surface area contributed by atoms with Crippen LogP contribution in [0.5, 0.6) is 11.5 Å². The molecule has 2 N–H and O–H groups in total. The summed E-state index contributed by atoms with van der Waals surface area (Å²) in [7, 11) is 3.12.